The highest BCUT2D eigenvalue weighted by atomic mass is 16.5. The van der Waals surface area contributed by atoms with Gasteiger partial charge in [0.1, 0.15) is 11.5 Å². The molecule has 0 aliphatic rings. The first-order chi connectivity index (χ1) is 12.3. The summed E-state index contributed by atoms with van der Waals surface area (Å²) in [6.45, 7) is 3.96. The van der Waals surface area contributed by atoms with Crippen molar-refractivity contribution in [3.05, 3.63) is 58.7 Å². The molecule has 0 bridgehead atoms. The molecule has 138 valence electrons. The van der Waals surface area contributed by atoms with Gasteiger partial charge >= 0.3 is 0 Å². The van der Waals surface area contributed by atoms with Gasteiger partial charge in [0.25, 0.3) is 0 Å². The molecule has 0 fully saturated rings. The van der Waals surface area contributed by atoms with Crippen LogP contribution in [-0.2, 0) is 12.8 Å². The number of ketones is 1. The smallest absolute Gasteiger partial charge is 0.163 e. The maximum atomic E-state index is 12.5. The second kappa shape index (κ2) is 8.43. The van der Waals surface area contributed by atoms with E-state index in [2.05, 4.69) is 0 Å². The second-order valence-corrected chi connectivity index (χ2v) is 6.41. The van der Waals surface area contributed by atoms with E-state index in [1.807, 2.05) is 19.9 Å². The van der Waals surface area contributed by atoms with Crippen LogP contribution in [0.25, 0.3) is 0 Å². The fourth-order valence-electron chi connectivity index (χ4n) is 2.62. The van der Waals surface area contributed by atoms with E-state index in [4.69, 9.17) is 4.74 Å². The van der Waals surface area contributed by atoms with Crippen molar-refractivity contribution >= 4 is 5.78 Å². The molecule has 0 heterocycles. The third-order valence-electron chi connectivity index (χ3n) is 4.13. The van der Waals surface area contributed by atoms with Crippen LogP contribution >= 0.6 is 0 Å². The lowest BCUT2D eigenvalue weighted by atomic mass is 9.98. The minimum atomic E-state index is -0.264. The summed E-state index contributed by atoms with van der Waals surface area (Å²) in [6.07, 6.45) is 3.13. The quantitative estimate of drug-likeness (QED) is 0.394. The minimum absolute atomic E-state index is 0.0712. The molecule has 0 amide bonds. The Morgan fingerprint density at radius 3 is 2.35 bits per heavy atom. The Morgan fingerprint density at radius 2 is 1.69 bits per heavy atom. The van der Waals surface area contributed by atoms with Gasteiger partial charge in [-0.25, -0.2) is 0 Å². The summed E-state index contributed by atoms with van der Waals surface area (Å²) < 4.78 is 5.19. The molecule has 0 aliphatic carbocycles. The number of ether oxygens (including phenoxy) is 1. The molecule has 5 heteroatoms. The average molecular weight is 356 g/mol. The van der Waals surface area contributed by atoms with Crippen LogP contribution in [0.5, 0.6) is 23.0 Å². The highest BCUT2D eigenvalue weighted by Gasteiger charge is 2.13. The molecule has 0 saturated heterocycles. The van der Waals surface area contributed by atoms with Crippen molar-refractivity contribution in [2.45, 2.75) is 33.1 Å². The van der Waals surface area contributed by atoms with Crippen molar-refractivity contribution in [2.24, 2.45) is 0 Å². The van der Waals surface area contributed by atoms with Gasteiger partial charge in [-0.1, -0.05) is 11.6 Å². The number of rotatable bonds is 7. The van der Waals surface area contributed by atoms with E-state index < -0.39 is 0 Å². The summed E-state index contributed by atoms with van der Waals surface area (Å²) in [6, 6.07) is 7.58. The van der Waals surface area contributed by atoms with E-state index in [1.54, 1.807) is 12.1 Å². The summed E-state index contributed by atoms with van der Waals surface area (Å²) in [5.74, 6) is 0.00608. The summed E-state index contributed by atoms with van der Waals surface area (Å²) in [7, 11) is 1.46. The van der Waals surface area contributed by atoms with Crippen molar-refractivity contribution in [2.75, 3.05) is 7.11 Å². The molecular weight excluding hydrogens is 332 g/mol. The number of phenolic OH excluding ortho intramolecular Hbond substituents is 3. The van der Waals surface area contributed by atoms with Gasteiger partial charge in [0.05, 0.1) is 7.11 Å². The number of hydrogen-bond donors (Lipinski definition) is 3. The third kappa shape index (κ3) is 4.79. The monoisotopic (exact) mass is 356 g/mol. The van der Waals surface area contributed by atoms with Crippen LogP contribution in [0.1, 0.15) is 41.8 Å². The number of methoxy groups -OCH3 is 1. The van der Waals surface area contributed by atoms with Gasteiger partial charge in [0.15, 0.2) is 17.3 Å². The van der Waals surface area contributed by atoms with Crippen molar-refractivity contribution in [1.82, 2.24) is 0 Å². The number of Topliss-reactive ketones (excluding diaryl/α,β-unsaturated/α-hetero) is 1. The van der Waals surface area contributed by atoms with Crippen molar-refractivity contribution in [3.8, 4) is 23.0 Å². The first-order valence-corrected chi connectivity index (χ1v) is 8.39. The van der Waals surface area contributed by atoms with Gasteiger partial charge in [-0.2, -0.15) is 0 Å². The fraction of sp³-hybridized carbons (Fsp3) is 0.286. The Bertz CT molecular complexity index is 833. The van der Waals surface area contributed by atoms with Crippen LogP contribution in [0, 0.1) is 0 Å². The maximum absolute atomic E-state index is 12.5. The van der Waals surface area contributed by atoms with Crippen LogP contribution in [0.4, 0.5) is 0 Å². The van der Waals surface area contributed by atoms with Crippen LogP contribution in [-0.4, -0.2) is 28.2 Å². The first kappa shape index (κ1) is 19.4. The Balaban J connectivity index is 2.15. The molecule has 2 rings (SSSR count). The summed E-state index contributed by atoms with van der Waals surface area (Å²) in [4.78, 5) is 12.5. The van der Waals surface area contributed by atoms with E-state index >= 15 is 0 Å². The van der Waals surface area contributed by atoms with Crippen LogP contribution in [0.2, 0.25) is 0 Å². The topological polar surface area (TPSA) is 87.0 Å². The van der Waals surface area contributed by atoms with Crippen molar-refractivity contribution < 1.29 is 24.9 Å². The number of carbonyl (C=O) groups excluding carboxylic acids is 1. The molecule has 0 aliphatic heterocycles. The molecule has 0 unspecified atom stereocenters. The molecule has 2 aromatic rings. The van der Waals surface area contributed by atoms with E-state index in [0.717, 1.165) is 5.57 Å². The second-order valence-electron chi connectivity index (χ2n) is 6.41. The highest BCUT2D eigenvalue weighted by molar-refractivity contribution is 5.96. The van der Waals surface area contributed by atoms with Gasteiger partial charge in [-0.05, 0) is 62.1 Å². The fourth-order valence-corrected chi connectivity index (χ4v) is 2.62. The minimum Gasteiger partial charge on any atom is -0.508 e. The SMILES string of the molecule is COc1cc(O)c(O)cc1CCC(=O)c1ccc(O)c(CC=C(C)C)c1. The zero-order valence-corrected chi connectivity index (χ0v) is 15.2. The number of allylic oxidation sites excluding steroid dienone is 2. The summed E-state index contributed by atoms with van der Waals surface area (Å²) in [5, 5.41) is 29.1. The Hall–Kier alpha value is -2.95. The van der Waals surface area contributed by atoms with Crippen molar-refractivity contribution in [1.29, 1.82) is 0 Å². The summed E-state index contributed by atoms with van der Waals surface area (Å²) in [5.41, 5.74) is 3.01. The standard InChI is InChI=1S/C21H24O5/c1-13(2)4-5-14-10-15(6-8-17(14)22)18(23)9-7-16-11-19(24)20(25)12-21(16)26-3/h4,6,8,10-12,22,24-25H,5,7,9H2,1-3H3. The lowest BCUT2D eigenvalue weighted by Gasteiger charge is -2.10. The third-order valence-corrected chi connectivity index (χ3v) is 4.13. The molecule has 0 saturated carbocycles. The molecule has 0 aromatic heterocycles. The van der Waals surface area contributed by atoms with Crippen LogP contribution in [0.3, 0.4) is 0 Å². The Kier molecular flexibility index (Phi) is 6.28. The number of aryl methyl sites for hydroxylation is 1. The number of phenols is 3. The summed E-state index contributed by atoms with van der Waals surface area (Å²) >= 11 is 0. The molecule has 5 nitrogen and oxygen atoms in total. The van der Waals surface area contributed by atoms with Gasteiger partial charge in [-0.3, -0.25) is 4.79 Å². The zero-order valence-electron chi connectivity index (χ0n) is 15.2. The lowest BCUT2D eigenvalue weighted by molar-refractivity contribution is 0.0982. The van der Waals surface area contributed by atoms with Gasteiger partial charge < -0.3 is 20.1 Å². The molecule has 3 N–H and O–H groups in total. The molecule has 26 heavy (non-hydrogen) atoms. The van der Waals surface area contributed by atoms with Gasteiger partial charge in [0, 0.05) is 18.1 Å². The first-order valence-electron chi connectivity index (χ1n) is 8.39. The van der Waals surface area contributed by atoms with Crippen LogP contribution in [0.15, 0.2) is 42.0 Å². The van der Waals surface area contributed by atoms with Gasteiger partial charge in [-0.15, -0.1) is 0 Å². The predicted molar refractivity (Wildman–Crippen MR) is 100 cm³/mol. The maximum Gasteiger partial charge on any atom is 0.163 e. The van der Waals surface area contributed by atoms with E-state index in [1.165, 1.54) is 25.3 Å². The zero-order chi connectivity index (χ0) is 19.3. The molecular formula is C21H24O5. The molecule has 2 aromatic carbocycles. The molecule has 0 spiro atoms. The highest BCUT2D eigenvalue weighted by Crippen LogP contribution is 2.33. The van der Waals surface area contributed by atoms with E-state index in [0.29, 0.717) is 35.3 Å². The lowest BCUT2D eigenvalue weighted by Crippen LogP contribution is -2.03. The van der Waals surface area contributed by atoms with Crippen LogP contribution < -0.4 is 4.74 Å². The van der Waals surface area contributed by atoms with E-state index in [9.17, 15) is 20.1 Å². The Morgan fingerprint density at radius 1 is 1.00 bits per heavy atom. The largest absolute Gasteiger partial charge is 0.508 e. The number of benzene rings is 2. The Labute approximate surface area is 153 Å². The number of carbonyl (C=O) groups is 1. The molecule has 0 atom stereocenters. The number of aromatic hydroxyl groups is 3. The van der Waals surface area contributed by atoms with E-state index in [-0.39, 0.29) is 29.5 Å². The predicted octanol–water partition coefficient (Wildman–Crippen LogP) is 4.14. The van der Waals surface area contributed by atoms with Gasteiger partial charge in [0.2, 0.25) is 0 Å². The number of hydrogen-bond acceptors (Lipinski definition) is 5. The average Bonchev–Trinajstić information content (AvgIpc) is 2.61. The molecule has 0 radical (unpaired) electrons. The van der Waals surface area contributed by atoms with Crippen molar-refractivity contribution in [3.63, 3.8) is 0 Å². The normalized spacial score (nSPS) is 10.4.